The topological polar surface area (TPSA) is 63.9 Å². The summed E-state index contributed by atoms with van der Waals surface area (Å²) in [6.45, 7) is 6.84. The molecule has 0 aliphatic heterocycles. The Morgan fingerprint density at radius 1 is 1.48 bits per heavy atom. The zero-order valence-electron chi connectivity index (χ0n) is 13.6. The van der Waals surface area contributed by atoms with Crippen molar-refractivity contribution in [2.24, 2.45) is 0 Å². The molecule has 1 amide bonds. The van der Waals surface area contributed by atoms with Gasteiger partial charge in [0.25, 0.3) is 0 Å². The van der Waals surface area contributed by atoms with Gasteiger partial charge in [-0.2, -0.15) is 11.3 Å². The number of carbonyl (C=O) groups is 1. The summed E-state index contributed by atoms with van der Waals surface area (Å²) in [5, 5.41) is 16.7. The number of aromatic nitrogens is 4. The average molecular weight is 352 g/mol. The van der Waals surface area contributed by atoms with Crippen LogP contribution in [0.25, 0.3) is 0 Å². The Hall–Kier alpha value is -1.41. The van der Waals surface area contributed by atoms with Gasteiger partial charge in [0.05, 0.1) is 11.3 Å². The Morgan fingerprint density at radius 3 is 2.87 bits per heavy atom. The molecule has 6 nitrogen and oxygen atoms in total. The SMILES string of the molecule is CC(C)(C)n1nnnc1SCC(=O)N(Cc1ccsc1)C1CC1. The van der Waals surface area contributed by atoms with Crippen molar-refractivity contribution < 1.29 is 4.79 Å². The molecule has 1 saturated carbocycles. The quantitative estimate of drug-likeness (QED) is 0.749. The van der Waals surface area contributed by atoms with Crippen LogP contribution in [0.5, 0.6) is 0 Å². The maximum atomic E-state index is 12.6. The van der Waals surface area contributed by atoms with Gasteiger partial charge in [-0.25, -0.2) is 4.68 Å². The Labute approximate surface area is 144 Å². The van der Waals surface area contributed by atoms with Crippen LogP contribution in [0.1, 0.15) is 39.2 Å². The van der Waals surface area contributed by atoms with Crippen molar-refractivity contribution in [1.29, 1.82) is 0 Å². The fourth-order valence-corrected chi connectivity index (χ4v) is 3.89. The van der Waals surface area contributed by atoms with E-state index in [9.17, 15) is 4.79 Å². The van der Waals surface area contributed by atoms with Crippen LogP contribution in [0.4, 0.5) is 0 Å². The van der Waals surface area contributed by atoms with Crippen molar-refractivity contribution in [2.45, 2.75) is 56.9 Å². The highest BCUT2D eigenvalue weighted by atomic mass is 32.2. The van der Waals surface area contributed by atoms with Gasteiger partial charge in [0.1, 0.15) is 0 Å². The molecule has 2 heterocycles. The van der Waals surface area contributed by atoms with Crippen LogP contribution in [0.2, 0.25) is 0 Å². The second-order valence-corrected chi connectivity index (χ2v) is 8.44. The molecule has 3 rings (SSSR count). The van der Waals surface area contributed by atoms with E-state index in [-0.39, 0.29) is 11.4 Å². The molecule has 124 valence electrons. The second-order valence-electron chi connectivity index (χ2n) is 6.72. The number of carbonyl (C=O) groups excluding carboxylic acids is 1. The van der Waals surface area contributed by atoms with Crippen molar-refractivity contribution in [3.8, 4) is 0 Å². The Kier molecular flexibility index (Phi) is 4.72. The lowest BCUT2D eigenvalue weighted by Crippen LogP contribution is -2.34. The molecular formula is C15H21N5OS2. The largest absolute Gasteiger partial charge is 0.335 e. The molecule has 0 radical (unpaired) electrons. The van der Waals surface area contributed by atoms with Gasteiger partial charge in [-0.3, -0.25) is 4.79 Å². The first kappa shape index (κ1) is 16.4. The molecule has 23 heavy (non-hydrogen) atoms. The summed E-state index contributed by atoms with van der Waals surface area (Å²) >= 11 is 3.08. The van der Waals surface area contributed by atoms with E-state index in [4.69, 9.17) is 0 Å². The normalized spacial score (nSPS) is 14.9. The van der Waals surface area contributed by atoms with Crippen molar-refractivity contribution in [2.75, 3.05) is 5.75 Å². The van der Waals surface area contributed by atoms with Gasteiger partial charge < -0.3 is 4.90 Å². The number of tetrazole rings is 1. The average Bonchev–Trinajstić information content (AvgIpc) is 3.01. The zero-order chi connectivity index (χ0) is 16.4. The minimum atomic E-state index is -0.193. The molecule has 0 unspecified atom stereocenters. The molecule has 2 aromatic heterocycles. The first-order chi connectivity index (χ1) is 10.9. The molecular weight excluding hydrogens is 330 g/mol. The number of rotatable bonds is 6. The van der Waals surface area contributed by atoms with Crippen LogP contribution in [0.15, 0.2) is 22.0 Å². The molecule has 1 aliphatic rings. The molecule has 0 atom stereocenters. The maximum absolute atomic E-state index is 12.6. The minimum Gasteiger partial charge on any atom is -0.335 e. The highest BCUT2D eigenvalue weighted by Gasteiger charge is 2.33. The summed E-state index contributed by atoms with van der Waals surface area (Å²) < 4.78 is 1.77. The predicted molar refractivity (Wildman–Crippen MR) is 91.4 cm³/mol. The van der Waals surface area contributed by atoms with Gasteiger partial charge >= 0.3 is 0 Å². The van der Waals surface area contributed by atoms with E-state index in [0.29, 0.717) is 23.5 Å². The second kappa shape index (κ2) is 6.60. The molecule has 1 aliphatic carbocycles. The molecule has 0 spiro atoms. The van der Waals surface area contributed by atoms with Gasteiger partial charge in [-0.1, -0.05) is 11.8 Å². The van der Waals surface area contributed by atoms with Gasteiger partial charge in [0, 0.05) is 12.6 Å². The molecule has 0 saturated heterocycles. The molecule has 0 aromatic carbocycles. The molecule has 0 bridgehead atoms. The number of hydrogen-bond donors (Lipinski definition) is 0. The third-order valence-corrected chi connectivity index (χ3v) is 5.28. The number of thiophene rings is 1. The number of hydrogen-bond acceptors (Lipinski definition) is 6. The minimum absolute atomic E-state index is 0.159. The van der Waals surface area contributed by atoms with Gasteiger partial charge in [0.15, 0.2) is 0 Å². The highest BCUT2D eigenvalue weighted by Crippen LogP contribution is 2.30. The third kappa shape index (κ3) is 4.11. The Morgan fingerprint density at radius 2 is 2.26 bits per heavy atom. The van der Waals surface area contributed by atoms with E-state index in [1.807, 2.05) is 25.7 Å². The summed E-state index contributed by atoms with van der Waals surface area (Å²) in [5.74, 6) is 0.532. The van der Waals surface area contributed by atoms with Crippen LogP contribution in [0.3, 0.4) is 0 Å². The van der Waals surface area contributed by atoms with E-state index >= 15 is 0 Å². The maximum Gasteiger partial charge on any atom is 0.233 e. The highest BCUT2D eigenvalue weighted by molar-refractivity contribution is 7.99. The first-order valence-corrected chi connectivity index (χ1v) is 9.60. The Balaban J connectivity index is 1.63. The summed E-state index contributed by atoms with van der Waals surface area (Å²) in [7, 11) is 0. The van der Waals surface area contributed by atoms with E-state index < -0.39 is 0 Å². The van der Waals surface area contributed by atoms with Crippen LogP contribution >= 0.6 is 23.1 Å². The Bertz CT molecular complexity index is 658. The number of thioether (sulfide) groups is 1. The van der Waals surface area contributed by atoms with Crippen LogP contribution < -0.4 is 0 Å². The van der Waals surface area contributed by atoms with Crippen LogP contribution in [0, 0.1) is 0 Å². The van der Waals surface area contributed by atoms with Gasteiger partial charge in [0.2, 0.25) is 11.1 Å². The van der Waals surface area contributed by atoms with Crippen molar-refractivity contribution in [3.05, 3.63) is 22.4 Å². The third-order valence-electron chi connectivity index (χ3n) is 3.64. The predicted octanol–water partition coefficient (Wildman–Crippen LogP) is 2.77. The lowest BCUT2D eigenvalue weighted by Gasteiger charge is -2.22. The van der Waals surface area contributed by atoms with Crippen molar-refractivity contribution in [3.63, 3.8) is 0 Å². The lowest BCUT2D eigenvalue weighted by atomic mass is 10.1. The lowest BCUT2D eigenvalue weighted by molar-refractivity contribution is -0.129. The molecule has 8 heteroatoms. The standard InChI is InChI=1S/C15H21N5OS2/c1-15(2,3)20-14(16-17-18-20)23-10-13(21)19(12-4-5-12)8-11-6-7-22-9-11/h6-7,9,12H,4-5,8,10H2,1-3H3. The smallest absolute Gasteiger partial charge is 0.233 e. The van der Waals surface area contributed by atoms with Crippen molar-refractivity contribution in [1.82, 2.24) is 25.1 Å². The monoisotopic (exact) mass is 351 g/mol. The van der Waals surface area contributed by atoms with E-state index in [1.54, 1.807) is 16.0 Å². The number of nitrogens with zero attached hydrogens (tertiary/aromatic N) is 5. The van der Waals surface area contributed by atoms with Crippen molar-refractivity contribution >= 4 is 29.0 Å². The molecule has 0 N–H and O–H groups in total. The fraction of sp³-hybridized carbons (Fsp3) is 0.600. The fourth-order valence-electron chi connectivity index (χ4n) is 2.29. The molecule has 1 fully saturated rings. The summed E-state index contributed by atoms with van der Waals surface area (Å²) in [5.41, 5.74) is 1.02. The van der Waals surface area contributed by atoms with E-state index in [1.165, 1.54) is 17.3 Å². The zero-order valence-corrected chi connectivity index (χ0v) is 15.2. The van der Waals surface area contributed by atoms with E-state index in [0.717, 1.165) is 12.8 Å². The van der Waals surface area contributed by atoms with Crippen LogP contribution in [-0.4, -0.2) is 42.8 Å². The van der Waals surface area contributed by atoms with E-state index in [2.05, 4.69) is 32.4 Å². The van der Waals surface area contributed by atoms with Gasteiger partial charge in [-0.05, 0) is 66.4 Å². The summed E-state index contributed by atoms with van der Waals surface area (Å²) in [4.78, 5) is 14.6. The first-order valence-electron chi connectivity index (χ1n) is 7.67. The van der Waals surface area contributed by atoms with Gasteiger partial charge in [-0.15, -0.1) is 5.10 Å². The summed E-state index contributed by atoms with van der Waals surface area (Å²) in [6.07, 6.45) is 2.22. The summed E-state index contributed by atoms with van der Waals surface area (Å²) in [6, 6.07) is 2.49. The number of amides is 1. The van der Waals surface area contributed by atoms with Crippen LogP contribution in [-0.2, 0) is 16.9 Å². The molecule has 2 aromatic rings.